The average Bonchev–Trinajstić information content (AvgIpc) is 2.66. The fourth-order valence-electron chi connectivity index (χ4n) is 2.50. The fraction of sp³-hybridized carbons (Fsp3) is 0.300. The van der Waals surface area contributed by atoms with Crippen molar-refractivity contribution in [3.8, 4) is 0 Å². The molecule has 4 nitrogen and oxygen atoms in total. The summed E-state index contributed by atoms with van der Waals surface area (Å²) in [5.41, 5.74) is 0.729. The van der Waals surface area contributed by atoms with E-state index in [4.69, 9.17) is 34.8 Å². The molecule has 150 valence electrons. The molecule has 0 saturated heterocycles. The minimum atomic E-state index is -0.634. The Labute approximate surface area is 184 Å². The molecule has 0 saturated carbocycles. The van der Waals surface area contributed by atoms with Crippen molar-refractivity contribution in [1.29, 1.82) is 0 Å². The molecular formula is C20H21Cl3N2O2S. The molecule has 0 aromatic heterocycles. The monoisotopic (exact) mass is 458 g/mol. The minimum Gasteiger partial charge on any atom is -0.355 e. The molecule has 1 N–H and O–H groups in total. The van der Waals surface area contributed by atoms with Crippen molar-refractivity contribution in [3.63, 3.8) is 0 Å². The summed E-state index contributed by atoms with van der Waals surface area (Å²) in [5.74, 6) is -0.182. The van der Waals surface area contributed by atoms with Crippen LogP contribution in [0.5, 0.6) is 0 Å². The second kappa shape index (κ2) is 11.0. The topological polar surface area (TPSA) is 49.4 Å². The summed E-state index contributed by atoms with van der Waals surface area (Å²) >= 11 is 19.5. The molecular weight excluding hydrogens is 439 g/mol. The van der Waals surface area contributed by atoms with Gasteiger partial charge >= 0.3 is 0 Å². The van der Waals surface area contributed by atoms with Crippen molar-refractivity contribution in [2.75, 3.05) is 12.3 Å². The van der Waals surface area contributed by atoms with Crippen molar-refractivity contribution >= 4 is 58.4 Å². The zero-order valence-corrected chi connectivity index (χ0v) is 18.6. The Morgan fingerprint density at radius 3 is 2.32 bits per heavy atom. The Morgan fingerprint density at radius 1 is 1.07 bits per heavy atom. The quantitative estimate of drug-likeness (QED) is 0.545. The van der Waals surface area contributed by atoms with Gasteiger partial charge in [-0.25, -0.2) is 0 Å². The Kier molecular flexibility index (Phi) is 8.96. The molecule has 2 amide bonds. The molecule has 1 atom stereocenters. The van der Waals surface area contributed by atoms with E-state index < -0.39 is 6.04 Å². The van der Waals surface area contributed by atoms with Gasteiger partial charge < -0.3 is 10.2 Å². The van der Waals surface area contributed by atoms with Gasteiger partial charge in [-0.15, -0.1) is 11.8 Å². The summed E-state index contributed by atoms with van der Waals surface area (Å²) < 4.78 is 0. The summed E-state index contributed by atoms with van der Waals surface area (Å²) in [6.45, 7) is 4.25. The highest BCUT2D eigenvalue weighted by atomic mass is 35.5. The summed E-state index contributed by atoms with van der Waals surface area (Å²) in [4.78, 5) is 27.8. The number of carbonyl (C=O) groups excluding carboxylic acids is 2. The summed E-state index contributed by atoms with van der Waals surface area (Å²) in [7, 11) is 0. The predicted octanol–water partition coefficient (Wildman–Crippen LogP) is 5.29. The number of nitrogens with one attached hydrogen (secondary N) is 1. The number of carbonyl (C=O) groups is 2. The van der Waals surface area contributed by atoms with Gasteiger partial charge in [0.05, 0.1) is 5.75 Å². The summed E-state index contributed by atoms with van der Waals surface area (Å²) in [6.07, 6.45) is 0. The molecule has 0 spiro atoms. The molecule has 0 heterocycles. The first kappa shape index (κ1) is 22.9. The number of thioether (sulfide) groups is 1. The maximum absolute atomic E-state index is 12.9. The highest BCUT2D eigenvalue weighted by Gasteiger charge is 2.26. The Balaban J connectivity index is 2.17. The van der Waals surface area contributed by atoms with Gasteiger partial charge in [-0.1, -0.05) is 40.9 Å². The number of halogens is 3. The van der Waals surface area contributed by atoms with Gasteiger partial charge in [-0.05, 0) is 55.8 Å². The van der Waals surface area contributed by atoms with Crippen molar-refractivity contribution in [2.45, 2.75) is 31.3 Å². The zero-order valence-electron chi connectivity index (χ0n) is 15.5. The van der Waals surface area contributed by atoms with Crippen molar-refractivity contribution in [3.05, 3.63) is 63.1 Å². The molecule has 2 rings (SSSR count). The molecule has 0 aliphatic rings. The highest BCUT2D eigenvalue weighted by Crippen LogP contribution is 2.25. The lowest BCUT2D eigenvalue weighted by molar-refractivity contribution is -0.138. The molecule has 0 fully saturated rings. The standard InChI is InChI=1S/C20H21Cl3N2O2S/c1-3-24-20(27)13(2)25(11-14-4-5-16(22)10-18(14)23)19(26)12-28-17-8-6-15(21)7-9-17/h4-10,13H,3,11-12H2,1-2H3,(H,24,27)/t13-/m1/s1. The number of nitrogens with zero attached hydrogens (tertiary/aromatic N) is 1. The lowest BCUT2D eigenvalue weighted by atomic mass is 10.1. The van der Waals surface area contributed by atoms with Gasteiger partial charge in [0.25, 0.3) is 0 Å². The van der Waals surface area contributed by atoms with Gasteiger partial charge in [0.1, 0.15) is 6.04 Å². The van der Waals surface area contributed by atoms with E-state index in [9.17, 15) is 9.59 Å². The molecule has 2 aromatic carbocycles. The van der Waals surface area contributed by atoms with Crippen LogP contribution in [0.3, 0.4) is 0 Å². The van der Waals surface area contributed by atoms with E-state index >= 15 is 0 Å². The Hall–Kier alpha value is -1.40. The molecule has 0 radical (unpaired) electrons. The molecule has 0 bridgehead atoms. The predicted molar refractivity (Wildman–Crippen MR) is 117 cm³/mol. The second-order valence-electron chi connectivity index (χ2n) is 6.07. The third-order valence-corrected chi connectivity index (χ3v) is 5.89. The maximum atomic E-state index is 12.9. The van der Waals surface area contributed by atoms with E-state index in [1.807, 2.05) is 19.1 Å². The van der Waals surface area contributed by atoms with Crippen LogP contribution in [0.1, 0.15) is 19.4 Å². The van der Waals surface area contributed by atoms with Crippen LogP contribution in [-0.2, 0) is 16.1 Å². The minimum absolute atomic E-state index is 0.162. The van der Waals surface area contributed by atoms with Crippen LogP contribution < -0.4 is 5.32 Å². The van der Waals surface area contributed by atoms with Crippen LogP contribution in [-0.4, -0.2) is 35.1 Å². The zero-order chi connectivity index (χ0) is 20.7. The van der Waals surface area contributed by atoms with Crippen molar-refractivity contribution < 1.29 is 9.59 Å². The molecule has 0 aliphatic heterocycles. The van der Waals surface area contributed by atoms with E-state index in [2.05, 4.69) is 5.32 Å². The first-order chi connectivity index (χ1) is 13.3. The fourth-order valence-corrected chi connectivity index (χ4v) is 3.88. The lowest BCUT2D eigenvalue weighted by Crippen LogP contribution is -2.48. The van der Waals surface area contributed by atoms with Crippen LogP contribution in [0.25, 0.3) is 0 Å². The van der Waals surface area contributed by atoms with E-state index in [-0.39, 0.29) is 24.1 Å². The number of likely N-dealkylation sites (N-methyl/N-ethyl adjacent to an activating group) is 1. The van der Waals surface area contributed by atoms with Gasteiger partial charge in [-0.2, -0.15) is 0 Å². The Morgan fingerprint density at radius 2 is 1.71 bits per heavy atom. The third-order valence-electron chi connectivity index (χ3n) is 4.05. The molecule has 0 unspecified atom stereocenters. The van der Waals surface area contributed by atoms with Crippen LogP contribution in [0.4, 0.5) is 0 Å². The molecule has 28 heavy (non-hydrogen) atoms. The highest BCUT2D eigenvalue weighted by molar-refractivity contribution is 8.00. The number of hydrogen-bond donors (Lipinski definition) is 1. The largest absolute Gasteiger partial charge is 0.355 e. The van der Waals surface area contributed by atoms with E-state index in [0.29, 0.717) is 21.6 Å². The average molecular weight is 460 g/mol. The number of hydrogen-bond acceptors (Lipinski definition) is 3. The Bertz CT molecular complexity index is 831. The van der Waals surface area contributed by atoms with E-state index in [1.165, 1.54) is 16.7 Å². The number of amides is 2. The first-order valence-corrected chi connectivity index (χ1v) is 10.8. The van der Waals surface area contributed by atoms with Crippen molar-refractivity contribution in [1.82, 2.24) is 10.2 Å². The van der Waals surface area contributed by atoms with Gasteiger partial charge in [0.2, 0.25) is 11.8 Å². The first-order valence-electron chi connectivity index (χ1n) is 8.71. The molecule has 2 aromatic rings. The van der Waals surface area contributed by atoms with E-state index in [0.717, 1.165) is 10.5 Å². The van der Waals surface area contributed by atoms with E-state index in [1.54, 1.807) is 37.3 Å². The van der Waals surface area contributed by atoms with Gasteiger partial charge in [0, 0.05) is 33.1 Å². The summed E-state index contributed by atoms with van der Waals surface area (Å²) in [5, 5.41) is 4.37. The molecule has 0 aliphatic carbocycles. The number of benzene rings is 2. The second-order valence-corrected chi connectivity index (χ2v) is 8.40. The normalized spacial score (nSPS) is 11.8. The maximum Gasteiger partial charge on any atom is 0.242 e. The van der Waals surface area contributed by atoms with Crippen molar-refractivity contribution in [2.24, 2.45) is 0 Å². The summed E-state index contributed by atoms with van der Waals surface area (Å²) in [6, 6.07) is 11.7. The van der Waals surface area contributed by atoms with Crippen LogP contribution in [0, 0.1) is 0 Å². The van der Waals surface area contributed by atoms with Crippen LogP contribution in [0.2, 0.25) is 15.1 Å². The third kappa shape index (κ3) is 6.59. The lowest BCUT2D eigenvalue weighted by Gasteiger charge is -2.29. The van der Waals surface area contributed by atoms with Gasteiger partial charge in [-0.3, -0.25) is 9.59 Å². The smallest absolute Gasteiger partial charge is 0.242 e. The SMILES string of the molecule is CCNC(=O)[C@@H](C)N(Cc1ccc(Cl)cc1Cl)C(=O)CSc1ccc(Cl)cc1. The van der Waals surface area contributed by atoms with Gasteiger partial charge in [0.15, 0.2) is 0 Å². The van der Waals surface area contributed by atoms with Crippen LogP contribution >= 0.6 is 46.6 Å². The molecule has 8 heteroatoms. The number of rotatable bonds is 8. The van der Waals surface area contributed by atoms with Crippen LogP contribution in [0.15, 0.2) is 47.4 Å².